The zero-order valence-corrected chi connectivity index (χ0v) is 11.4. The van der Waals surface area contributed by atoms with E-state index in [4.69, 9.17) is 11.0 Å². The standard InChI is InChI=1S/C13H14N4S/c1-13(2,3)12-16-9(6-11(15)17-12)10-5-4-8(7-14)18-10/h4-6H,1-3H3,(H2,15,16,17). The molecule has 0 aromatic carbocycles. The Morgan fingerprint density at radius 2 is 2.00 bits per heavy atom. The van der Waals surface area contributed by atoms with Crippen molar-refractivity contribution in [2.45, 2.75) is 26.2 Å². The number of rotatable bonds is 1. The first-order chi connectivity index (χ1) is 8.40. The maximum atomic E-state index is 8.84. The number of nitrogen functional groups attached to an aromatic ring is 1. The van der Waals surface area contributed by atoms with Crippen LogP contribution in [0.15, 0.2) is 18.2 Å². The van der Waals surface area contributed by atoms with Gasteiger partial charge in [-0.25, -0.2) is 9.97 Å². The molecule has 18 heavy (non-hydrogen) atoms. The topological polar surface area (TPSA) is 75.6 Å². The molecule has 0 saturated carbocycles. The lowest BCUT2D eigenvalue weighted by Crippen LogP contribution is -2.17. The third-order valence-electron chi connectivity index (χ3n) is 2.39. The fourth-order valence-electron chi connectivity index (χ4n) is 1.46. The van der Waals surface area contributed by atoms with E-state index in [9.17, 15) is 0 Å². The van der Waals surface area contributed by atoms with Crippen molar-refractivity contribution < 1.29 is 0 Å². The molecule has 2 aromatic heterocycles. The van der Waals surface area contributed by atoms with Crippen molar-refractivity contribution in [3.05, 3.63) is 28.9 Å². The number of hydrogen-bond acceptors (Lipinski definition) is 5. The van der Waals surface area contributed by atoms with Gasteiger partial charge < -0.3 is 5.73 Å². The third-order valence-corrected chi connectivity index (χ3v) is 3.40. The number of aromatic nitrogens is 2. The van der Waals surface area contributed by atoms with Crippen LogP contribution < -0.4 is 5.73 Å². The second-order valence-corrected chi connectivity index (χ2v) is 6.11. The van der Waals surface area contributed by atoms with Crippen molar-refractivity contribution in [3.63, 3.8) is 0 Å². The van der Waals surface area contributed by atoms with Crippen LogP contribution in [0.3, 0.4) is 0 Å². The summed E-state index contributed by atoms with van der Waals surface area (Å²) in [7, 11) is 0. The zero-order valence-electron chi connectivity index (χ0n) is 10.6. The van der Waals surface area contributed by atoms with Crippen LogP contribution in [0.1, 0.15) is 31.5 Å². The zero-order chi connectivity index (χ0) is 13.3. The van der Waals surface area contributed by atoms with Crippen molar-refractivity contribution in [1.82, 2.24) is 9.97 Å². The molecular formula is C13H14N4S. The predicted molar refractivity (Wildman–Crippen MR) is 73.2 cm³/mol. The Morgan fingerprint density at radius 1 is 1.28 bits per heavy atom. The van der Waals surface area contributed by atoms with Crippen molar-refractivity contribution in [3.8, 4) is 16.6 Å². The lowest BCUT2D eigenvalue weighted by Gasteiger charge is -2.17. The lowest BCUT2D eigenvalue weighted by molar-refractivity contribution is 0.547. The van der Waals surface area contributed by atoms with Crippen LogP contribution in [-0.2, 0) is 5.41 Å². The number of hydrogen-bond donors (Lipinski definition) is 1. The van der Waals surface area contributed by atoms with Crippen LogP contribution in [0, 0.1) is 11.3 Å². The summed E-state index contributed by atoms with van der Waals surface area (Å²) in [5.74, 6) is 1.17. The normalized spacial score (nSPS) is 11.2. The average Bonchev–Trinajstić information content (AvgIpc) is 2.75. The molecule has 2 rings (SSSR count). The highest BCUT2D eigenvalue weighted by Gasteiger charge is 2.19. The van der Waals surface area contributed by atoms with Crippen molar-refractivity contribution in [1.29, 1.82) is 5.26 Å². The van der Waals surface area contributed by atoms with E-state index in [1.165, 1.54) is 11.3 Å². The van der Waals surface area contributed by atoms with E-state index in [0.29, 0.717) is 16.5 Å². The molecule has 5 heteroatoms. The summed E-state index contributed by atoms with van der Waals surface area (Å²) < 4.78 is 0. The summed E-state index contributed by atoms with van der Waals surface area (Å²) in [6, 6.07) is 7.53. The van der Waals surface area contributed by atoms with Crippen LogP contribution >= 0.6 is 11.3 Å². The van der Waals surface area contributed by atoms with Crippen molar-refractivity contribution in [2.24, 2.45) is 0 Å². The van der Waals surface area contributed by atoms with Gasteiger partial charge in [0.2, 0.25) is 0 Å². The molecule has 0 saturated heterocycles. The van der Waals surface area contributed by atoms with Gasteiger partial charge in [-0.15, -0.1) is 11.3 Å². The van der Waals surface area contributed by atoms with E-state index in [-0.39, 0.29) is 5.41 Å². The van der Waals surface area contributed by atoms with Gasteiger partial charge in [0.1, 0.15) is 22.6 Å². The minimum atomic E-state index is -0.153. The number of anilines is 1. The minimum absolute atomic E-state index is 0.153. The van der Waals surface area contributed by atoms with E-state index in [0.717, 1.165) is 10.6 Å². The van der Waals surface area contributed by atoms with Gasteiger partial charge in [-0.05, 0) is 12.1 Å². The predicted octanol–water partition coefficient (Wildman–Crippen LogP) is 2.96. The first-order valence-corrected chi connectivity index (χ1v) is 6.37. The van der Waals surface area contributed by atoms with E-state index in [1.807, 2.05) is 26.8 Å². The molecule has 2 N–H and O–H groups in total. The molecule has 0 aliphatic rings. The van der Waals surface area contributed by atoms with Crippen LogP contribution in [0.25, 0.3) is 10.6 Å². The Balaban J connectivity index is 2.52. The molecule has 0 amide bonds. The third kappa shape index (κ3) is 2.49. The van der Waals surface area contributed by atoms with Gasteiger partial charge in [-0.2, -0.15) is 5.26 Å². The van der Waals surface area contributed by atoms with E-state index >= 15 is 0 Å². The molecule has 0 radical (unpaired) electrons. The molecule has 4 nitrogen and oxygen atoms in total. The molecule has 92 valence electrons. The van der Waals surface area contributed by atoms with Crippen LogP contribution in [0.2, 0.25) is 0 Å². The number of nitrogens with zero attached hydrogens (tertiary/aromatic N) is 3. The molecule has 2 aromatic rings. The van der Waals surface area contributed by atoms with E-state index in [1.54, 1.807) is 12.1 Å². The Labute approximate surface area is 110 Å². The molecular weight excluding hydrogens is 244 g/mol. The molecule has 2 heterocycles. The highest BCUT2D eigenvalue weighted by molar-refractivity contribution is 7.15. The summed E-state index contributed by atoms with van der Waals surface area (Å²) in [5.41, 5.74) is 6.44. The maximum Gasteiger partial charge on any atom is 0.136 e. The van der Waals surface area contributed by atoms with Gasteiger partial charge in [0.15, 0.2) is 0 Å². The summed E-state index contributed by atoms with van der Waals surface area (Å²) in [6.07, 6.45) is 0. The van der Waals surface area contributed by atoms with Gasteiger partial charge in [0.05, 0.1) is 10.6 Å². The number of nitriles is 1. The first kappa shape index (κ1) is 12.5. The molecule has 0 aliphatic heterocycles. The highest BCUT2D eigenvalue weighted by atomic mass is 32.1. The Hall–Kier alpha value is -1.93. The second-order valence-electron chi connectivity index (χ2n) is 5.03. The van der Waals surface area contributed by atoms with Gasteiger partial charge >= 0.3 is 0 Å². The average molecular weight is 258 g/mol. The quantitative estimate of drug-likeness (QED) is 0.853. The number of nitrogens with two attached hydrogens (primary N) is 1. The first-order valence-electron chi connectivity index (χ1n) is 5.55. The summed E-state index contributed by atoms with van der Waals surface area (Å²) in [5, 5.41) is 8.84. The van der Waals surface area contributed by atoms with Crippen LogP contribution in [-0.4, -0.2) is 9.97 Å². The van der Waals surface area contributed by atoms with Crippen LogP contribution in [0.4, 0.5) is 5.82 Å². The summed E-state index contributed by atoms with van der Waals surface area (Å²) in [4.78, 5) is 10.4. The SMILES string of the molecule is CC(C)(C)c1nc(N)cc(-c2ccc(C#N)s2)n1. The molecule has 0 spiro atoms. The molecule has 0 atom stereocenters. The van der Waals surface area contributed by atoms with E-state index < -0.39 is 0 Å². The van der Waals surface area contributed by atoms with Gasteiger partial charge in [0.25, 0.3) is 0 Å². The Bertz CT molecular complexity index is 617. The monoisotopic (exact) mass is 258 g/mol. The summed E-state index contributed by atoms with van der Waals surface area (Å²) >= 11 is 1.41. The van der Waals surface area contributed by atoms with Crippen molar-refractivity contribution in [2.75, 3.05) is 5.73 Å². The number of thiophene rings is 1. The highest BCUT2D eigenvalue weighted by Crippen LogP contribution is 2.29. The Morgan fingerprint density at radius 3 is 2.56 bits per heavy atom. The van der Waals surface area contributed by atoms with E-state index in [2.05, 4.69) is 16.0 Å². The van der Waals surface area contributed by atoms with Gasteiger partial charge in [-0.3, -0.25) is 0 Å². The van der Waals surface area contributed by atoms with Crippen molar-refractivity contribution >= 4 is 17.2 Å². The maximum absolute atomic E-state index is 8.84. The molecule has 0 fully saturated rings. The van der Waals surface area contributed by atoms with Gasteiger partial charge in [0, 0.05) is 11.5 Å². The fraction of sp³-hybridized carbons (Fsp3) is 0.308. The van der Waals surface area contributed by atoms with Crippen LogP contribution in [0.5, 0.6) is 0 Å². The molecule has 0 bridgehead atoms. The lowest BCUT2D eigenvalue weighted by atomic mass is 9.95. The smallest absolute Gasteiger partial charge is 0.136 e. The second kappa shape index (κ2) is 4.39. The molecule has 0 aliphatic carbocycles. The summed E-state index contributed by atoms with van der Waals surface area (Å²) in [6.45, 7) is 6.13. The Kier molecular flexibility index (Phi) is 3.05. The minimum Gasteiger partial charge on any atom is -0.384 e. The molecule has 0 unspecified atom stereocenters. The fourth-order valence-corrected chi connectivity index (χ4v) is 2.23. The largest absolute Gasteiger partial charge is 0.384 e. The van der Waals surface area contributed by atoms with Gasteiger partial charge in [-0.1, -0.05) is 20.8 Å².